The predicted octanol–water partition coefficient (Wildman–Crippen LogP) is -0.787. The number of nitrogens with one attached hydrogen (secondary N) is 1. The number of halogens is 1. The minimum absolute atomic E-state index is 0.366. The van der Waals surface area contributed by atoms with Crippen LogP contribution in [-0.4, -0.2) is 69.4 Å². The third-order valence-corrected chi connectivity index (χ3v) is 3.84. The van der Waals surface area contributed by atoms with E-state index in [1.54, 1.807) is 20.2 Å². The largest absolute Gasteiger partial charge is 0.394 e. The minimum Gasteiger partial charge on any atom is -0.394 e. The van der Waals surface area contributed by atoms with Crippen LogP contribution in [0.15, 0.2) is 0 Å². The molecule has 0 aliphatic rings. The Bertz CT molecular complexity index is 211. The summed E-state index contributed by atoms with van der Waals surface area (Å²) in [5.41, 5.74) is -1.03. The van der Waals surface area contributed by atoms with Crippen LogP contribution in [-0.2, 0) is 0 Å². The van der Waals surface area contributed by atoms with E-state index in [9.17, 15) is 15.3 Å². The molecule has 0 aromatic heterocycles. The summed E-state index contributed by atoms with van der Waals surface area (Å²) in [6.07, 6.45) is -0.675. The fourth-order valence-corrected chi connectivity index (χ4v) is 2.61. The highest BCUT2D eigenvalue weighted by Gasteiger charge is 2.38. The highest BCUT2D eigenvalue weighted by Crippen LogP contribution is 2.25. The smallest absolute Gasteiger partial charge is 0.125 e. The van der Waals surface area contributed by atoms with E-state index in [0.717, 1.165) is 11.8 Å². The number of thioether (sulfide) groups is 1. The van der Waals surface area contributed by atoms with Gasteiger partial charge in [0.05, 0.1) is 18.8 Å². The molecule has 0 aromatic rings. The van der Waals surface area contributed by atoms with Gasteiger partial charge in [-0.25, -0.2) is 0 Å². The average Bonchev–Trinajstić information content (AvgIpc) is 2.32. The zero-order valence-corrected chi connectivity index (χ0v) is 11.8. The second-order valence-electron chi connectivity index (χ2n) is 3.94. The molecule has 104 valence electrons. The number of aliphatic hydroxyl groups is 4. The summed E-state index contributed by atoms with van der Waals surface area (Å²) in [7, 11) is 1.65. The van der Waals surface area contributed by atoms with Crippen LogP contribution < -0.4 is 5.32 Å². The van der Waals surface area contributed by atoms with Crippen molar-refractivity contribution in [1.29, 1.82) is 0 Å². The third-order valence-electron chi connectivity index (χ3n) is 2.80. The predicted molar refractivity (Wildman–Crippen MR) is 70.3 cm³/mol. The Labute approximate surface area is 111 Å². The van der Waals surface area contributed by atoms with Gasteiger partial charge in [0, 0.05) is 17.3 Å². The first kappa shape index (κ1) is 17.4. The first-order valence-corrected chi connectivity index (χ1v) is 7.12. The van der Waals surface area contributed by atoms with Gasteiger partial charge >= 0.3 is 0 Å². The molecule has 0 rings (SSSR count). The van der Waals surface area contributed by atoms with Gasteiger partial charge in [-0.1, -0.05) is 0 Å². The maximum atomic E-state index is 9.99. The summed E-state index contributed by atoms with van der Waals surface area (Å²) < 4.78 is 0. The van der Waals surface area contributed by atoms with Gasteiger partial charge < -0.3 is 25.7 Å². The zero-order valence-electron chi connectivity index (χ0n) is 10.2. The first-order chi connectivity index (χ1) is 7.90. The zero-order chi connectivity index (χ0) is 13.6. The van der Waals surface area contributed by atoms with E-state index in [1.165, 1.54) is 0 Å². The van der Waals surface area contributed by atoms with Gasteiger partial charge in [-0.15, -0.1) is 23.4 Å². The van der Waals surface area contributed by atoms with Gasteiger partial charge in [0.25, 0.3) is 0 Å². The molecular formula is C10H22ClNO4S. The minimum atomic E-state index is -1.18. The van der Waals surface area contributed by atoms with E-state index in [2.05, 4.69) is 5.32 Å². The molecule has 7 heteroatoms. The van der Waals surface area contributed by atoms with E-state index in [-0.39, 0.29) is 5.38 Å². The van der Waals surface area contributed by atoms with Crippen molar-refractivity contribution in [3.05, 3.63) is 0 Å². The average molecular weight is 288 g/mol. The molecule has 0 aliphatic carbocycles. The van der Waals surface area contributed by atoms with Crippen LogP contribution in [0.4, 0.5) is 0 Å². The maximum Gasteiger partial charge on any atom is 0.125 e. The van der Waals surface area contributed by atoms with Crippen LogP contribution in [0.1, 0.15) is 6.92 Å². The second kappa shape index (κ2) is 8.53. The van der Waals surface area contributed by atoms with Crippen molar-refractivity contribution in [1.82, 2.24) is 5.32 Å². The van der Waals surface area contributed by atoms with Gasteiger partial charge in [0.2, 0.25) is 0 Å². The molecule has 0 aliphatic heterocycles. The van der Waals surface area contributed by atoms with Crippen molar-refractivity contribution in [2.45, 2.75) is 36.0 Å². The lowest BCUT2D eigenvalue weighted by Crippen LogP contribution is -2.54. The summed E-state index contributed by atoms with van der Waals surface area (Å²) in [6, 6.07) is -0.421. The number of rotatable bonds is 8. The monoisotopic (exact) mass is 287 g/mol. The topological polar surface area (TPSA) is 93.0 Å². The maximum absolute atomic E-state index is 9.99. The number of hydrogen-bond donors (Lipinski definition) is 5. The summed E-state index contributed by atoms with van der Waals surface area (Å²) in [5.74, 6) is -0.750. The van der Waals surface area contributed by atoms with Gasteiger partial charge in [-0.2, -0.15) is 0 Å². The van der Waals surface area contributed by atoms with E-state index in [4.69, 9.17) is 16.7 Å². The lowest BCUT2D eigenvalue weighted by Gasteiger charge is -2.36. The van der Waals surface area contributed by atoms with Gasteiger partial charge in [0.15, 0.2) is 0 Å². The molecule has 0 amide bonds. The summed E-state index contributed by atoms with van der Waals surface area (Å²) in [4.78, 5) is 0. The van der Waals surface area contributed by atoms with Crippen LogP contribution in [0, 0.1) is 5.92 Å². The molecule has 6 atom stereocenters. The van der Waals surface area contributed by atoms with Crippen LogP contribution in [0.3, 0.4) is 0 Å². The molecule has 0 saturated carbocycles. The molecule has 0 fully saturated rings. The fraction of sp³-hybridized carbons (Fsp3) is 1.00. The fourth-order valence-electron chi connectivity index (χ4n) is 1.86. The molecule has 3 unspecified atom stereocenters. The highest BCUT2D eigenvalue weighted by atomic mass is 35.5. The van der Waals surface area contributed by atoms with Crippen LogP contribution >= 0.6 is 23.4 Å². The molecule has 0 bridgehead atoms. The van der Waals surface area contributed by atoms with Crippen molar-refractivity contribution in [3.8, 4) is 0 Å². The number of hydrogen-bond acceptors (Lipinski definition) is 6. The highest BCUT2D eigenvalue weighted by molar-refractivity contribution is 7.99. The van der Waals surface area contributed by atoms with E-state index < -0.39 is 36.2 Å². The van der Waals surface area contributed by atoms with Gasteiger partial charge in [-0.3, -0.25) is 0 Å². The van der Waals surface area contributed by atoms with Crippen molar-refractivity contribution < 1.29 is 20.4 Å². The normalized spacial score (nSPS) is 22.6. The standard InChI is InChI=1S/C10H22ClNO4S/c1-5(11)8(12-2)7(6(14)4-13)9(15)10(16)17-3/h5-10,12-16H,4H2,1-3H3/t5-,6-,7?,8+,9?,10?/m0/s1. The molecule has 0 aromatic carbocycles. The van der Waals surface area contributed by atoms with Crippen molar-refractivity contribution in [2.75, 3.05) is 19.9 Å². The number of alkyl halides is 1. The Morgan fingerprint density at radius 2 is 1.82 bits per heavy atom. The number of aliphatic hydroxyl groups excluding tert-OH is 4. The molecule has 5 N–H and O–H groups in total. The quantitative estimate of drug-likeness (QED) is 0.297. The molecule has 0 radical (unpaired) electrons. The molecule has 0 heterocycles. The summed E-state index contributed by atoms with van der Waals surface area (Å²) >= 11 is 7.05. The van der Waals surface area contributed by atoms with Crippen LogP contribution in [0.2, 0.25) is 0 Å². The Morgan fingerprint density at radius 3 is 2.12 bits per heavy atom. The molecule has 0 spiro atoms. The Morgan fingerprint density at radius 1 is 1.29 bits per heavy atom. The molecule has 0 saturated heterocycles. The van der Waals surface area contributed by atoms with Crippen molar-refractivity contribution in [3.63, 3.8) is 0 Å². The summed E-state index contributed by atoms with van der Waals surface area (Å²) in [5, 5.41) is 40.9. The van der Waals surface area contributed by atoms with Crippen molar-refractivity contribution >= 4 is 23.4 Å². The Hall–Kier alpha value is 0.440. The second-order valence-corrected chi connectivity index (χ2v) is 5.58. The van der Waals surface area contributed by atoms with Crippen molar-refractivity contribution in [2.24, 2.45) is 5.92 Å². The van der Waals surface area contributed by atoms with Gasteiger partial charge in [-0.05, 0) is 20.2 Å². The van der Waals surface area contributed by atoms with Crippen LogP contribution in [0.25, 0.3) is 0 Å². The third kappa shape index (κ3) is 4.90. The molecule has 17 heavy (non-hydrogen) atoms. The van der Waals surface area contributed by atoms with Crippen LogP contribution in [0.5, 0.6) is 0 Å². The lowest BCUT2D eigenvalue weighted by molar-refractivity contribution is -0.0585. The Kier molecular flexibility index (Phi) is 8.75. The SMILES string of the molecule is CN[C@@H](C(C(O)C(O)SC)[C@@H](O)CO)[C@H](C)Cl. The molecular weight excluding hydrogens is 266 g/mol. The summed E-state index contributed by atoms with van der Waals surface area (Å²) in [6.45, 7) is 1.22. The first-order valence-electron chi connectivity index (χ1n) is 5.39. The van der Waals surface area contributed by atoms with E-state index in [1.807, 2.05) is 0 Å². The van der Waals surface area contributed by atoms with E-state index >= 15 is 0 Å². The Balaban J connectivity index is 4.97. The molecule has 5 nitrogen and oxygen atoms in total. The lowest BCUT2D eigenvalue weighted by atomic mass is 9.87. The van der Waals surface area contributed by atoms with Gasteiger partial charge in [0.1, 0.15) is 5.44 Å². The van der Waals surface area contributed by atoms with E-state index in [0.29, 0.717) is 0 Å².